The SMILES string of the molecule is O=C(C=Cc1ccc(O)cc1Cl)CC(=O)C=Cc1ccc(O)cc1Cl. The molecule has 0 saturated heterocycles. The van der Waals surface area contributed by atoms with Crippen LogP contribution in [-0.4, -0.2) is 21.8 Å². The lowest BCUT2D eigenvalue weighted by Crippen LogP contribution is -2.01. The Morgan fingerprint density at radius 2 is 1.20 bits per heavy atom. The molecule has 0 atom stereocenters. The fraction of sp³-hybridized carbons (Fsp3) is 0.0526. The monoisotopic (exact) mass is 376 g/mol. The van der Waals surface area contributed by atoms with Gasteiger partial charge in [0.15, 0.2) is 11.6 Å². The summed E-state index contributed by atoms with van der Waals surface area (Å²) in [5, 5.41) is 19.1. The zero-order valence-corrected chi connectivity index (χ0v) is 14.5. The summed E-state index contributed by atoms with van der Waals surface area (Å²) < 4.78 is 0. The van der Waals surface area contributed by atoms with E-state index < -0.39 is 0 Å². The van der Waals surface area contributed by atoms with Crippen LogP contribution in [0.2, 0.25) is 10.0 Å². The van der Waals surface area contributed by atoms with Crippen molar-refractivity contribution >= 4 is 46.9 Å². The standard InChI is InChI=1S/C19H14Cl2O4/c20-18-10-16(24)7-3-12(18)1-5-14(22)9-15(23)6-2-13-4-8-17(25)11-19(13)21/h1-8,10-11,24-25H,9H2. The van der Waals surface area contributed by atoms with Gasteiger partial charge in [0.25, 0.3) is 0 Å². The highest BCUT2D eigenvalue weighted by molar-refractivity contribution is 6.32. The van der Waals surface area contributed by atoms with Gasteiger partial charge in [-0.1, -0.05) is 23.2 Å². The van der Waals surface area contributed by atoms with E-state index in [0.717, 1.165) is 0 Å². The smallest absolute Gasteiger partial charge is 0.163 e. The summed E-state index contributed by atoms with van der Waals surface area (Å²) in [5.41, 5.74) is 1.12. The maximum absolute atomic E-state index is 11.8. The maximum Gasteiger partial charge on any atom is 0.163 e. The number of carbonyl (C=O) groups is 2. The van der Waals surface area contributed by atoms with Crippen LogP contribution >= 0.6 is 23.2 Å². The molecular weight excluding hydrogens is 363 g/mol. The van der Waals surface area contributed by atoms with Crippen molar-refractivity contribution in [3.63, 3.8) is 0 Å². The molecule has 0 spiro atoms. The quantitative estimate of drug-likeness (QED) is 0.567. The van der Waals surface area contributed by atoms with Gasteiger partial charge in [-0.25, -0.2) is 0 Å². The first-order valence-corrected chi connectivity index (χ1v) is 7.99. The first kappa shape index (κ1) is 18.8. The molecule has 6 heteroatoms. The first-order chi connectivity index (χ1) is 11.8. The van der Waals surface area contributed by atoms with Gasteiger partial charge in [0, 0.05) is 0 Å². The van der Waals surface area contributed by atoms with E-state index in [2.05, 4.69) is 0 Å². The van der Waals surface area contributed by atoms with Crippen LogP contribution in [0.5, 0.6) is 11.5 Å². The molecule has 0 aliphatic heterocycles. The molecule has 2 N–H and O–H groups in total. The van der Waals surface area contributed by atoms with Crippen molar-refractivity contribution in [2.45, 2.75) is 6.42 Å². The second-order valence-electron chi connectivity index (χ2n) is 5.19. The van der Waals surface area contributed by atoms with Gasteiger partial charge >= 0.3 is 0 Å². The molecule has 0 radical (unpaired) electrons. The van der Waals surface area contributed by atoms with Gasteiger partial charge in [-0.15, -0.1) is 0 Å². The van der Waals surface area contributed by atoms with Crippen LogP contribution in [0.25, 0.3) is 12.2 Å². The van der Waals surface area contributed by atoms with Gasteiger partial charge in [0.1, 0.15) is 11.5 Å². The molecule has 0 fully saturated rings. The lowest BCUT2D eigenvalue weighted by Gasteiger charge is -1.99. The summed E-state index contributed by atoms with van der Waals surface area (Å²) in [6.07, 6.45) is 5.20. The highest BCUT2D eigenvalue weighted by atomic mass is 35.5. The molecule has 0 heterocycles. The Morgan fingerprint density at radius 1 is 0.800 bits per heavy atom. The van der Waals surface area contributed by atoms with Crippen LogP contribution in [0.15, 0.2) is 48.6 Å². The first-order valence-electron chi connectivity index (χ1n) is 7.24. The summed E-state index contributed by atoms with van der Waals surface area (Å²) in [6, 6.07) is 8.75. The Kier molecular flexibility index (Phi) is 6.39. The van der Waals surface area contributed by atoms with Gasteiger partial charge in [-0.05, 0) is 71.8 Å². The lowest BCUT2D eigenvalue weighted by atomic mass is 10.1. The lowest BCUT2D eigenvalue weighted by molar-refractivity contribution is -0.121. The molecule has 0 unspecified atom stereocenters. The van der Waals surface area contributed by atoms with Crippen LogP contribution in [0.1, 0.15) is 17.5 Å². The Hall–Kier alpha value is -2.56. The van der Waals surface area contributed by atoms with E-state index in [4.69, 9.17) is 23.2 Å². The molecule has 0 bridgehead atoms. The van der Waals surface area contributed by atoms with E-state index in [-0.39, 0.29) is 29.5 Å². The second-order valence-corrected chi connectivity index (χ2v) is 6.00. The number of hydrogen-bond acceptors (Lipinski definition) is 4. The average Bonchev–Trinajstić information content (AvgIpc) is 2.53. The Morgan fingerprint density at radius 3 is 1.56 bits per heavy atom. The Balaban J connectivity index is 1.96. The van der Waals surface area contributed by atoms with Gasteiger partial charge in [-0.3, -0.25) is 9.59 Å². The largest absolute Gasteiger partial charge is 0.508 e. The molecule has 2 aromatic rings. The molecule has 4 nitrogen and oxygen atoms in total. The third-order valence-corrected chi connectivity index (χ3v) is 3.87. The minimum Gasteiger partial charge on any atom is -0.508 e. The molecule has 128 valence electrons. The fourth-order valence-electron chi connectivity index (χ4n) is 1.96. The van der Waals surface area contributed by atoms with Crippen molar-refractivity contribution in [3.8, 4) is 11.5 Å². The number of ketones is 2. The fourth-order valence-corrected chi connectivity index (χ4v) is 2.43. The van der Waals surface area contributed by atoms with Crippen molar-refractivity contribution in [3.05, 3.63) is 69.7 Å². The summed E-state index contributed by atoms with van der Waals surface area (Å²) >= 11 is 11.9. The highest BCUT2D eigenvalue weighted by Crippen LogP contribution is 2.23. The number of carbonyl (C=O) groups excluding carboxylic acids is 2. The van der Waals surface area contributed by atoms with E-state index in [1.165, 1.54) is 48.6 Å². The number of allylic oxidation sites excluding steroid dienone is 2. The van der Waals surface area contributed by atoms with Crippen LogP contribution in [0.4, 0.5) is 0 Å². The highest BCUT2D eigenvalue weighted by Gasteiger charge is 2.05. The van der Waals surface area contributed by atoms with Crippen LogP contribution in [0.3, 0.4) is 0 Å². The molecular formula is C19H14Cl2O4. The molecule has 0 aliphatic carbocycles. The number of aromatic hydroxyl groups is 2. The predicted molar refractivity (Wildman–Crippen MR) is 98.9 cm³/mol. The van der Waals surface area contributed by atoms with Gasteiger partial charge in [-0.2, -0.15) is 0 Å². The number of hydrogen-bond donors (Lipinski definition) is 2. The maximum atomic E-state index is 11.8. The molecule has 2 rings (SSSR count). The Bertz CT molecular complexity index is 798. The van der Waals surface area contributed by atoms with Crippen molar-refractivity contribution in [2.24, 2.45) is 0 Å². The zero-order chi connectivity index (χ0) is 18.4. The van der Waals surface area contributed by atoms with E-state index in [1.807, 2.05) is 0 Å². The number of phenols is 2. The van der Waals surface area contributed by atoms with Crippen LogP contribution < -0.4 is 0 Å². The van der Waals surface area contributed by atoms with Crippen LogP contribution in [0, 0.1) is 0 Å². The van der Waals surface area contributed by atoms with Crippen molar-refractivity contribution in [1.29, 1.82) is 0 Å². The summed E-state index contributed by atoms with van der Waals surface area (Å²) in [4.78, 5) is 23.7. The minimum atomic E-state index is -0.379. The van der Waals surface area contributed by atoms with Gasteiger partial charge < -0.3 is 10.2 Å². The third kappa shape index (κ3) is 5.78. The number of phenolic OH excluding ortho intramolecular Hbond substituents is 2. The summed E-state index contributed by atoms with van der Waals surface area (Å²) in [5.74, 6) is -0.699. The molecule has 0 saturated carbocycles. The number of rotatable bonds is 6. The Labute approximate surface area is 154 Å². The molecule has 0 aromatic heterocycles. The van der Waals surface area contributed by atoms with E-state index in [0.29, 0.717) is 21.2 Å². The minimum absolute atomic E-state index is 0.0293. The van der Waals surface area contributed by atoms with Gasteiger partial charge in [0.2, 0.25) is 0 Å². The van der Waals surface area contributed by atoms with Gasteiger partial charge in [0.05, 0.1) is 16.5 Å². The van der Waals surface area contributed by atoms with Crippen molar-refractivity contribution in [2.75, 3.05) is 0 Å². The topological polar surface area (TPSA) is 74.6 Å². The second kappa shape index (κ2) is 8.51. The summed E-state index contributed by atoms with van der Waals surface area (Å²) in [7, 11) is 0. The predicted octanol–water partition coefficient (Wildman–Crippen LogP) is 4.66. The van der Waals surface area contributed by atoms with Crippen molar-refractivity contribution < 1.29 is 19.8 Å². The zero-order valence-electron chi connectivity index (χ0n) is 12.9. The van der Waals surface area contributed by atoms with E-state index in [1.54, 1.807) is 12.1 Å². The molecule has 0 aliphatic rings. The number of halogens is 2. The van der Waals surface area contributed by atoms with E-state index >= 15 is 0 Å². The average molecular weight is 377 g/mol. The third-order valence-electron chi connectivity index (χ3n) is 3.21. The molecule has 2 aromatic carbocycles. The summed E-state index contributed by atoms with van der Waals surface area (Å²) in [6.45, 7) is 0. The van der Waals surface area contributed by atoms with E-state index in [9.17, 15) is 19.8 Å². The number of benzene rings is 2. The van der Waals surface area contributed by atoms with Crippen LogP contribution in [-0.2, 0) is 9.59 Å². The van der Waals surface area contributed by atoms with Crippen molar-refractivity contribution in [1.82, 2.24) is 0 Å². The molecule has 25 heavy (non-hydrogen) atoms. The normalized spacial score (nSPS) is 11.3. The molecule has 0 amide bonds.